The third kappa shape index (κ3) is 3.75. The molecule has 2 aliphatic rings. The van der Waals surface area contributed by atoms with Gasteiger partial charge in [-0.2, -0.15) is 0 Å². The highest BCUT2D eigenvalue weighted by Crippen LogP contribution is 2.40. The summed E-state index contributed by atoms with van der Waals surface area (Å²) in [5, 5.41) is 13.1. The van der Waals surface area contributed by atoms with Crippen LogP contribution in [0.4, 0.5) is 0 Å². The Morgan fingerprint density at radius 2 is 1.81 bits per heavy atom. The van der Waals surface area contributed by atoms with E-state index in [1.807, 2.05) is 42.5 Å². The number of hydrogen-bond acceptors (Lipinski definition) is 3. The van der Waals surface area contributed by atoms with E-state index < -0.39 is 12.6 Å². The Morgan fingerprint density at radius 3 is 2.61 bits per heavy atom. The van der Waals surface area contributed by atoms with Gasteiger partial charge in [0.1, 0.15) is 11.5 Å². The van der Waals surface area contributed by atoms with Gasteiger partial charge in [0.25, 0.3) is 0 Å². The van der Waals surface area contributed by atoms with E-state index in [-0.39, 0.29) is 0 Å². The van der Waals surface area contributed by atoms with E-state index in [1.54, 1.807) is 0 Å². The zero-order valence-electron chi connectivity index (χ0n) is 17.1. The molecule has 154 valence electrons. The first-order valence-corrected chi connectivity index (χ1v) is 10.6. The molecule has 3 aromatic rings. The number of hydrogen-bond donors (Lipinski definition) is 1. The van der Waals surface area contributed by atoms with Crippen LogP contribution in [0.3, 0.4) is 0 Å². The van der Waals surface area contributed by atoms with Gasteiger partial charge in [-0.3, -0.25) is 0 Å². The number of carbonyl (C=O) groups is 1. The van der Waals surface area contributed by atoms with Gasteiger partial charge in [-0.25, -0.2) is 4.79 Å². The molecule has 31 heavy (non-hydrogen) atoms. The lowest BCUT2D eigenvalue weighted by Crippen LogP contribution is -2.28. The van der Waals surface area contributed by atoms with Crippen molar-refractivity contribution in [2.75, 3.05) is 13.2 Å². The van der Waals surface area contributed by atoms with Gasteiger partial charge in [0.15, 0.2) is 6.61 Å². The van der Waals surface area contributed by atoms with Crippen LogP contribution in [0.25, 0.3) is 33.7 Å². The van der Waals surface area contributed by atoms with Gasteiger partial charge in [0, 0.05) is 16.3 Å². The molecule has 4 heteroatoms. The fraction of sp³-hybridized carbons (Fsp3) is 0.222. The summed E-state index contributed by atoms with van der Waals surface area (Å²) in [7, 11) is 0. The van der Waals surface area contributed by atoms with E-state index in [4.69, 9.17) is 9.47 Å². The number of aliphatic carboxylic acids is 1. The maximum Gasteiger partial charge on any atom is 0.341 e. The highest BCUT2D eigenvalue weighted by atomic mass is 16.5. The number of carboxylic acid groups (broad SMARTS) is 1. The topological polar surface area (TPSA) is 55.8 Å². The van der Waals surface area contributed by atoms with Crippen molar-refractivity contribution in [1.29, 1.82) is 0 Å². The van der Waals surface area contributed by atoms with E-state index >= 15 is 0 Å². The van der Waals surface area contributed by atoms with Crippen LogP contribution >= 0.6 is 0 Å². The molecule has 0 radical (unpaired) electrons. The normalized spacial score (nSPS) is 14.3. The molecule has 2 aliphatic carbocycles. The Balaban J connectivity index is 1.77. The van der Waals surface area contributed by atoms with Crippen LogP contribution in [0.2, 0.25) is 0 Å². The molecule has 5 rings (SSSR count). The molecule has 1 fully saturated rings. The summed E-state index contributed by atoms with van der Waals surface area (Å²) in [5.41, 5.74) is 7.94. The van der Waals surface area contributed by atoms with E-state index in [1.165, 1.54) is 19.3 Å². The number of ether oxygens (including phenoxy) is 2. The molecule has 1 N–H and O–H groups in total. The predicted octanol–water partition coefficient (Wildman–Crippen LogP) is 4.03. The van der Waals surface area contributed by atoms with Crippen molar-refractivity contribution < 1.29 is 19.4 Å². The number of carboxylic acids is 1. The zero-order chi connectivity index (χ0) is 21.2. The smallest absolute Gasteiger partial charge is 0.341 e. The molecular weight excluding hydrogens is 388 g/mol. The Labute approximate surface area is 180 Å². The molecule has 0 saturated heterocycles. The van der Waals surface area contributed by atoms with E-state index in [0.717, 1.165) is 38.1 Å². The first-order chi connectivity index (χ1) is 15.2. The quantitative estimate of drug-likeness (QED) is 0.598. The molecule has 1 saturated carbocycles. The SMILES string of the molecule is O=C(O)COc1ccc2c(c1-c1c(OCC3CCC3)ccc3ccccc13)=C=C=CC=2. The van der Waals surface area contributed by atoms with Gasteiger partial charge in [-0.05, 0) is 65.1 Å². The summed E-state index contributed by atoms with van der Waals surface area (Å²) in [6.45, 7) is 0.259. The van der Waals surface area contributed by atoms with Crippen molar-refractivity contribution >= 4 is 28.5 Å². The molecular formula is C27H22O4. The fourth-order valence-electron chi connectivity index (χ4n) is 4.12. The third-order valence-electron chi connectivity index (χ3n) is 5.93. The summed E-state index contributed by atoms with van der Waals surface area (Å²) in [6.07, 6.45) is 7.46. The second-order valence-corrected chi connectivity index (χ2v) is 7.96. The fourth-order valence-corrected chi connectivity index (χ4v) is 4.12. The van der Waals surface area contributed by atoms with Crippen LogP contribution in [0.1, 0.15) is 19.3 Å². The highest BCUT2D eigenvalue weighted by Gasteiger charge is 2.22. The summed E-state index contributed by atoms with van der Waals surface area (Å²) >= 11 is 0. The van der Waals surface area contributed by atoms with Crippen molar-refractivity contribution in [1.82, 2.24) is 0 Å². The third-order valence-corrected chi connectivity index (χ3v) is 5.93. The summed E-state index contributed by atoms with van der Waals surface area (Å²) < 4.78 is 12.1. The average molecular weight is 410 g/mol. The van der Waals surface area contributed by atoms with Crippen LogP contribution in [-0.4, -0.2) is 24.3 Å². The second-order valence-electron chi connectivity index (χ2n) is 7.96. The Kier molecular flexibility index (Phi) is 5.09. The predicted molar refractivity (Wildman–Crippen MR) is 121 cm³/mol. The van der Waals surface area contributed by atoms with Crippen molar-refractivity contribution in [3.63, 3.8) is 0 Å². The summed E-state index contributed by atoms with van der Waals surface area (Å²) in [5.74, 6) is 0.842. The molecule has 0 atom stereocenters. The van der Waals surface area contributed by atoms with E-state index in [0.29, 0.717) is 18.3 Å². The minimum Gasteiger partial charge on any atom is -0.493 e. The maximum absolute atomic E-state index is 11.2. The maximum atomic E-state index is 11.2. The van der Waals surface area contributed by atoms with Gasteiger partial charge in [0.2, 0.25) is 0 Å². The molecule has 4 nitrogen and oxygen atoms in total. The molecule has 0 aromatic heterocycles. The molecule has 0 bridgehead atoms. The number of fused-ring (bicyclic) bond motifs is 2. The largest absolute Gasteiger partial charge is 0.493 e. The number of benzene rings is 3. The minimum atomic E-state index is -1.02. The standard InChI is InChI=1S/C27H22O4/c28-25(29)17-31-24-15-13-20-9-2-4-11-22(20)27(24)26-21-10-3-1-8-19(21)12-14-23(26)30-16-18-6-5-7-18/h1-3,8-10,12-15,18H,5-7,16-17H2,(H,28,29). The average Bonchev–Trinajstić information content (AvgIpc) is 2.76. The molecule has 3 aromatic carbocycles. The lowest BCUT2D eigenvalue weighted by Gasteiger charge is -2.26. The Bertz CT molecular complexity index is 1370. The van der Waals surface area contributed by atoms with Crippen molar-refractivity contribution in [2.45, 2.75) is 19.3 Å². The van der Waals surface area contributed by atoms with Gasteiger partial charge < -0.3 is 14.6 Å². The van der Waals surface area contributed by atoms with Gasteiger partial charge >= 0.3 is 5.97 Å². The highest BCUT2D eigenvalue weighted by molar-refractivity contribution is 6.01. The van der Waals surface area contributed by atoms with Crippen molar-refractivity contribution in [3.05, 3.63) is 70.8 Å². The lowest BCUT2D eigenvalue weighted by molar-refractivity contribution is -0.139. The van der Waals surface area contributed by atoms with Crippen molar-refractivity contribution in [2.24, 2.45) is 5.92 Å². The monoisotopic (exact) mass is 410 g/mol. The number of allylic oxidation sites excluding steroid dienone is 1. The van der Waals surface area contributed by atoms with Gasteiger partial charge in [0.05, 0.1) is 6.61 Å². The molecule has 0 heterocycles. The van der Waals surface area contributed by atoms with Crippen molar-refractivity contribution in [3.8, 4) is 22.6 Å². The summed E-state index contributed by atoms with van der Waals surface area (Å²) in [4.78, 5) is 11.2. The number of rotatable bonds is 7. The van der Waals surface area contributed by atoms with Crippen LogP contribution in [0, 0.1) is 5.92 Å². The van der Waals surface area contributed by atoms with Gasteiger partial charge in [-0.1, -0.05) is 48.2 Å². The van der Waals surface area contributed by atoms with Crippen LogP contribution in [0.15, 0.2) is 60.3 Å². The van der Waals surface area contributed by atoms with Crippen LogP contribution in [0.5, 0.6) is 11.5 Å². The lowest BCUT2D eigenvalue weighted by atomic mass is 9.86. The molecule has 0 amide bonds. The Hall–Kier alpha value is -3.71. The zero-order valence-corrected chi connectivity index (χ0v) is 17.1. The molecule has 0 aliphatic heterocycles. The van der Waals surface area contributed by atoms with Gasteiger partial charge in [-0.15, -0.1) is 0 Å². The van der Waals surface area contributed by atoms with E-state index in [9.17, 15) is 9.90 Å². The van der Waals surface area contributed by atoms with Crippen LogP contribution in [-0.2, 0) is 4.79 Å². The minimum absolute atomic E-state index is 0.419. The van der Waals surface area contributed by atoms with E-state index in [2.05, 4.69) is 29.7 Å². The molecule has 0 spiro atoms. The second kappa shape index (κ2) is 8.20. The first kappa shape index (κ1) is 19.3. The molecule has 0 unspecified atom stereocenters. The first-order valence-electron chi connectivity index (χ1n) is 10.6. The summed E-state index contributed by atoms with van der Waals surface area (Å²) in [6, 6.07) is 15.9. The van der Waals surface area contributed by atoms with Crippen LogP contribution < -0.4 is 19.9 Å². The Morgan fingerprint density at radius 1 is 1.00 bits per heavy atom.